The monoisotopic (exact) mass is 931 g/mol. The van der Waals surface area contributed by atoms with E-state index in [2.05, 4.69) is 70.7 Å². The van der Waals surface area contributed by atoms with Crippen molar-refractivity contribution < 1.29 is 48.6 Å². The molecular weight excluding hydrogens is 883 g/mol. The first-order valence-corrected chi connectivity index (χ1v) is 24.3. The number of phenols is 1. The molecule has 5 aromatic rings. The van der Waals surface area contributed by atoms with E-state index in [1.165, 1.54) is 70.0 Å². The summed E-state index contributed by atoms with van der Waals surface area (Å²) in [7, 11) is 2.97. The number of aliphatic carboxylic acids is 1. The minimum Gasteiger partial charge on any atom is -0.508 e. The largest absolute Gasteiger partial charge is 0.508 e. The number of hydrogen-bond donors (Lipinski definition) is 7. The molecule has 10 rings (SSSR count). The van der Waals surface area contributed by atoms with E-state index < -0.39 is 53.3 Å². The van der Waals surface area contributed by atoms with Gasteiger partial charge in [-0.3, -0.25) is 9.59 Å². The lowest BCUT2D eigenvalue weighted by molar-refractivity contribution is -0.316. The van der Waals surface area contributed by atoms with Crippen molar-refractivity contribution in [3.8, 4) is 34.5 Å². The molecule has 342 valence electrons. The summed E-state index contributed by atoms with van der Waals surface area (Å²) in [6.45, 7) is 0.118. The Morgan fingerprint density at radius 3 is 2.65 bits per heavy atom. The van der Waals surface area contributed by atoms with Crippen molar-refractivity contribution in [2.24, 2.45) is 17.6 Å². The normalized spacial score (nSPS) is 28.1. The van der Waals surface area contributed by atoms with Crippen LogP contribution >= 0.6 is 21.6 Å². The Hall–Kier alpha value is -5.77. The van der Waals surface area contributed by atoms with Gasteiger partial charge in [0.1, 0.15) is 35.2 Å². The Kier molecular flexibility index (Phi) is 13.5. The first-order chi connectivity index (χ1) is 32.0. The van der Waals surface area contributed by atoms with Crippen molar-refractivity contribution in [1.82, 2.24) is 10.3 Å². The summed E-state index contributed by atoms with van der Waals surface area (Å²) < 4.78 is 24.3. The zero-order valence-corrected chi connectivity index (χ0v) is 37.3. The van der Waals surface area contributed by atoms with Gasteiger partial charge in [-0.25, -0.2) is 4.79 Å². The van der Waals surface area contributed by atoms with Crippen LogP contribution in [0.2, 0.25) is 0 Å². The molecule has 2 bridgehead atoms. The highest BCUT2D eigenvalue weighted by atomic mass is 33.1. The minimum atomic E-state index is -2.21. The highest BCUT2D eigenvalue weighted by molar-refractivity contribution is 8.76. The number of allylic oxidation sites excluding steroid dienone is 4. The predicted molar refractivity (Wildman–Crippen MR) is 252 cm³/mol. The molecule has 2 saturated heterocycles. The number of fused-ring (bicyclic) bond motifs is 8. The number of nitrogens with two attached hydrogens (primary N) is 1. The molecule has 9 unspecified atom stereocenters. The smallest absolute Gasteiger partial charge is 0.335 e. The lowest BCUT2D eigenvalue weighted by Gasteiger charge is -2.48. The molecule has 66 heavy (non-hydrogen) atoms. The molecular formula is C50H49N3O11S2. The van der Waals surface area contributed by atoms with Gasteiger partial charge in [-0.2, -0.15) is 0 Å². The van der Waals surface area contributed by atoms with E-state index in [1.807, 2.05) is 12.4 Å². The molecule has 4 heterocycles. The van der Waals surface area contributed by atoms with Crippen LogP contribution in [-0.4, -0.2) is 92.3 Å². The average molecular weight is 932 g/mol. The predicted octanol–water partition coefficient (Wildman–Crippen LogP) is 6.53. The van der Waals surface area contributed by atoms with E-state index >= 15 is 0 Å². The number of hydrogen-bond acceptors (Lipinski definition) is 13. The molecule has 0 spiro atoms. The lowest BCUT2D eigenvalue weighted by atomic mass is 9.75. The molecule has 8 N–H and O–H groups in total. The molecule has 1 amide bonds. The maximum Gasteiger partial charge on any atom is 0.335 e. The first kappa shape index (κ1) is 45.4. The van der Waals surface area contributed by atoms with E-state index in [-0.39, 0.29) is 58.3 Å². The van der Waals surface area contributed by atoms with E-state index in [4.69, 9.17) is 24.4 Å². The number of carbonyl (C=O) groups is 2. The number of carboxylic acids is 1. The van der Waals surface area contributed by atoms with E-state index in [0.29, 0.717) is 30.2 Å². The van der Waals surface area contributed by atoms with E-state index in [1.54, 1.807) is 10.8 Å². The van der Waals surface area contributed by atoms with Crippen LogP contribution in [0.15, 0.2) is 113 Å². The number of phenolic OH excluding ortho intramolecular Hbond substituents is 1. The van der Waals surface area contributed by atoms with Crippen LogP contribution in [-0.2, 0) is 14.3 Å². The van der Waals surface area contributed by atoms with Crippen molar-refractivity contribution in [3.63, 3.8) is 0 Å². The third-order valence-electron chi connectivity index (χ3n) is 13.0. The average Bonchev–Trinajstić information content (AvgIpc) is 3.84. The number of aliphatic hydroxyl groups excluding tert-OH is 1. The molecule has 0 radical (unpaired) electrons. The minimum absolute atomic E-state index is 0.0214. The number of ether oxygens (including phenoxy) is 3. The van der Waals surface area contributed by atoms with Gasteiger partial charge in [0.15, 0.2) is 11.7 Å². The van der Waals surface area contributed by atoms with E-state index in [9.17, 15) is 34.8 Å². The zero-order chi connectivity index (χ0) is 46.0. The molecule has 9 atom stereocenters. The summed E-state index contributed by atoms with van der Waals surface area (Å²) in [5.41, 5.74) is 7.85. The summed E-state index contributed by atoms with van der Waals surface area (Å²) in [5, 5.41) is 48.0. The number of aromatic hydroxyl groups is 1. The number of benzene rings is 3. The Morgan fingerprint density at radius 1 is 1.03 bits per heavy atom. The summed E-state index contributed by atoms with van der Waals surface area (Å²) in [6, 6.07) is 20.4. The van der Waals surface area contributed by atoms with Gasteiger partial charge < -0.3 is 55.1 Å². The van der Waals surface area contributed by atoms with Gasteiger partial charge in [0, 0.05) is 49.5 Å². The van der Waals surface area contributed by atoms with Gasteiger partial charge >= 0.3 is 5.97 Å². The van der Waals surface area contributed by atoms with Crippen LogP contribution in [0.5, 0.6) is 11.5 Å². The second kappa shape index (κ2) is 19.6. The van der Waals surface area contributed by atoms with Crippen molar-refractivity contribution >= 4 is 50.0 Å². The Labute approximate surface area is 388 Å². The molecule has 3 aliphatic carbocycles. The van der Waals surface area contributed by atoms with Crippen molar-refractivity contribution in [2.45, 2.75) is 67.7 Å². The number of nitrogens with one attached hydrogen (secondary N) is 2. The second-order valence-corrected chi connectivity index (χ2v) is 19.4. The number of aromatic amines is 1. The fourth-order valence-electron chi connectivity index (χ4n) is 9.62. The highest BCUT2D eigenvalue weighted by Crippen LogP contribution is 2.43. The van der Waals surface area contributed by atoms with Gasteiger partial charge in [0.25, 0.3) is 5.91 Å². The number of carboxylic acid groups (broad SMARTS) is 1. The number of aromatic nitrogens is 1. The fourth-order valence-corrected chi connectivity index (χ4v) is 11.7. The van der Waals surface area contributed by atoms with Gasteiger partial charge in [0.05, 0.1) is 10.9 Å². The molecule has 0 saturated carbocycles. The molecule has 2 fully saturated rings. The van der Waals surface area contributed by atoms with Crippen LogP contribution in [0.25, 0.3) is 27.7 Å². The molecule has 2 aliphatic heterocycles. The summed E-state index contributed by atoms with van der Waals surface area (Å²) in [5.74, 6) is 5.02. The third kappa shape index (κ3) is 9.17. The van der Waals surface area contributed by atoms with Crippen LogP contribution < -0.4 is 21.2 Å². The van der Waals surface area contributed by atoms with Crippen molar-refractivity contribution in [2.75, 3.05) is 24.8 Å². The van der Waals surface area contributed by atoms with Gasteiger partial charge in [0.2, 0.25) is 17.5 Å². The van der Waals surface area contributed by atoms with Gasteiger partial charge in [-0.15, -0.1) is 11.8 Å². The highest BCUT2D eigenvalue weighted by Gasteiger charge is 2.59. The Balaban J connectivity index is 1.06. The number of H-pyrrole nitrogens is 1. The van der Waals surface area contributed by atoms with Crippen molar-refractivity contribution in [1.29, 1.82) is 0 Å². The van der Waals surface area contributed by atoms with Crippen molar-refractivity contribution in [3.05, 3.63) is 136 Å². The molecule has 14 nitrogen and oxygen atoms in total. The van der Waals surface area contributed by atoms with Gasteiger partial charge in [-0.1, -0.05) is 76.2 Å². The number of carbonyl (C=O) groups excluding carboxylic acids is 1. The number of rotatable bonds is 7. The van der Waals surface area contributed by atoms with Crippen LogP contribution in [0.3, 0.4) is 0 Å². The standard InChI is InChI=1S/C50H49N3O11S2/c51-47(57)44-41(31-14-16-33(54)17-15-31)42(55)37-19-18-34(22-40(37)63-44)62-49-50(60)26-53-24-38(29-7-3-1-2-6-28-10-12-30(13-11-29)36-9-5-4-8-35(28)36)39(32-20-21-52-23-32)25-65-66-27-61-46(50)43(56)45(64-49)48(58)59/h4-5,8-10,12-23,28-29,38-39,43,45-46,49,52-54,56,60H,2,6-7,11,24-27H2,(H2,51,57)(H,58,59). The lowest BCUT2D eigenvalue weighted by Crippen LogP contribution is -2.72. The number of β-amino-alcohol motifs (C(OH)–C–C–N with tert-alkyl or cyclic N) is 1. The maximum atomic E-state index is 13.9. The molecule has 2 aromatic heterocycles. The topological polar surface area (TPSA) is 227 Å². The van der Waals surface area contributed by atoms with E-state index in [0.717, 1.165) is 24.8 Å². The van der Waals surface area contributed by atoms with Crippen LogP contribution in [0.4, 0.5) is 0 Å². The fraction of sp³-hybridized carbons (Fsp3) is 0.340. The number of primary amides is 1. The SMILES string of the molecule is NC(=O)c1oc2cc(OC3OC(C(=O)O)C(O)C4OCSSCC(c5cc[nH]c5)C(C5CC#CCCC6C=CC(=CC5)c5ccccc56)CNCC34O)ccc2c(=O)c1-c1ccc(O)cc1. The molecule has 5 aliphatic rings. The third-order valence-corrected chi connectivity index (χ3v) is 15.1. The maximum absolute atomic E-state index is 13.9. The quantitative estimate of drug-likeness (QED) is 0.0681. The summed E-state index contributed by atoms with van der Waals surface area (Å²) in [6.07, 6.45) is 6.89. The molecule has 16 heteroatoms. The van der Waals surface area contributed by atoms with Gasteiger partial charge in [-0.05, 0) is 95.3 Å². The number of amides is 1. The zero-order valence-electron chi connectivity index (χ0n) is 35.6. The number of aliphatic hydroxyl groups is 2. The van der Waals surface area contributed by atoms with Crippen LogP contribution in [0.1, 0.15) is 64.8 Å². The Bertz CT molecular complexity index is 2780. The molecule has 3 aromatic carbocycles. The summed E-state index contributed by atoms with van der Waals surface area (Å²) in [4.78, 5) is 42.3. The Morgan fingerprint density at radius 2 is 1.86 bits per heavy atom. The van der Waals surface area contributed by atoms with Crippen LogP contribution in [0, 0.1) is 23.7 Å². The first-order valence-electron chi connectivity index (χ1n) is 21.8. The second-order valence-electron chi connectivity index (χ2n) is 17.0. The summed E-state index contributed by atoms with van der Waals surface area (Å²) >= 11 is 0.